The van der Waals surface area contributed by atoms with E-state index in [9.17, 15) is 8.42 Å². The number of hydrogen-bond donors (Lipinski definition) is 3. The Morgan fingerprint density at radius 1 is 1.17 bits per heavy atom. The van der Waals surface area contributed by atoms with E-state index in [0.717, 1.165) is 18.6 Å². The summed E-state index contributed by atoms with van der Waals surface area (Å²) in [7, 11) is -3.17. The Balaban J connectivity index is 0.00000529. The van der Waals surface area contributed by atoms with Crippen molar-refractivity contribution in [3.05, 3.63) is 29.8 Å². The highest BCUT2D eigenvalue weighted by molar-refractivity contribution is 14.0. The van der Waals surface area contributed by atoms with Crippen LogP contribution in [0.4, 0.5) is 0 Å². The first-order chi connectivity index (χ1) is 10.9. The van der Waals surface area contributed by atoms with E-state index in [1.807, 2.05) is 38.1 Å². The van der Waals surface area contributed by atoms with Gasteiger partial charge in [-0.3, -0.25) is 4.99 Å². The van der Waals surface area contributed by atoms with E-state index in [-0.39, 0.29) is 30.5 Å². The zero-order chi connectivity index (χ0) is 17.1. The third kappa shape index (κ3) is 11.5. The number of halogens is 1. The number of guanidine groups is 1. The summed E-state index contributed by atoms with van der Waals surface area (Å²) in [6, 6.07) is 7.88. The van der Waals surface area contributed by atoms with Gasteiger partial charge in [0.15, 0.2) is 5.96 Å². The van der Waals surface area contributed by atoms with Gasteiger partial charge in [0.2, 0.25) is 10.0 Å². The molecule has 0 aliphatic carbocycles. The van der Waals surface area contributed by atoms with Gasteiger partial charge in [0, 0.05) is 13.1 Å². The van der Waals surface area contributed by atoms with Crippen LogP contribution >= 0.6 is 24.0 Å². The molecule has 1 aromatic carbocycles. The number of nitrogens with zero attached hydrogens (tertiary/aromatic N) is 1. The Labute approximate surface area is 161 Å². The van der Waals surface area contributed by atoms with Gasteiger partial charge in [-0.05, 0) is 26.0 Å². The molecule has 24 heavy (non-hydrogen) atoms. The lowest BCUT2D eigenvalue weighted by Gasteiger charge is -2.12. The Kier molecular flexibility index (Phi) is 11.8. The maximum atomic E-state index is 11.0. The largest absolute Gasteiger partial charge is 0.492 e. The first kappa shape index (κ1) is 22.9. The topological polar surface area (TPSA) is 91.8 Å². The van der Waals surface area contributed by atoms with Crippen LogP contribution in [0.3, 0.4) is 0 Å². The van der Waals surface area contributed by atoms with Crippen molar-refractivity contribution in [1.29, 1.82) is 0 Å². The summed E-state index contributed by atoms with van der Waals surface area (Å²) >= 11 is 0. The van der Waals surface area contributed by atoms with E-state index in [2.05, 4.69) is 20.3 Å². The van der Waals surface area contributed by atoms with Crippen molar-refractivity contribution in [2.24, 2.45) is 4.99 Å². The summed E-state index contributed by atoms with van der Waals surface area (Å²) in [6.07, 6.45) is 1.13. The van der Waals surface area contributed by atoms with Crippen molar-refractivity contribution in [3.63, 3.8) is 0 Å². The van der Waals surface area contributed by atoms with Gasteiger partial charge in [-0.25, -0.2) is 13.1 Å². The van der Waals surface area contributed by atoms with E-state index in [1.165, 1.54) is 5.56 Å². The highest BCUT2D eigenvalue weighted by atomic mass is 127. The minimum Gasteiger partial charge on any atom is -0.492 e. The molecule has 1 rings (SSSR count). The standard InChI is InChI=1S/C15H26N4O3S.HI/c1-4-16-15(17-9-10-19-23(3,20)21)18-11-12-22-14-7-5-13(2)6-8-14;/h5-8,19H,4,9-12H2,1-3H3,(H2,16,17,18);1H. The molecule has 3 N–H and O–H groups in total. The normalized spacial score (nSPS) is 11.5. The second kappa shape index (κ2) is 12.3. The van der Waals surface area contributed by atoms with Crippen molar-refractivity contribution >= 4 is 40.0 Å². The van der Waals surface area contributed by atoms with Crippen LogP contribution in [0, 0.1) is 6.92 Å². The number of aliphatic imine (C=N–C) groups is 1. The van der Waals surface area contributed by atoms with Crippen molar-refractivity contribution < 1.29 is 13.2 Å². The molecule has 0 radical (unpaired) electrons. The van der Waals surface area contributed by atoms with Crippen molar-refractivity contribution in [2.75, 3.05) is 39.0 Å². The summed E-state index contributed by atoms with van der Waals surface area (Å²) in [6.45, 7) is 6.47. The second-order valence-electron chi connectivity index (χ2n) is 5.02. The molecule has 138 valence electrons. The number of nitrogens with one attached hydrogen (secondary N) is 3. The molecule has 0 saturated carbocycles. The number of rotatable bonds is 9. The quantitative estimate of drug-likeness (QED) is 0.218. The summed E-state index contributed by atoms with van der Waals surface area (Å²) < 4.78 is 29.9. The molecule has 0 aromatic heterocycles. The van der Waals surface area contributed by atoms with Gasteiger partial charge in [0.25, 0.3) is 0 Å². The van der Waals surface area contributed by atoms with Crippen LogP contribution in [0.1, 0.15) is 12.5 Å². The highest BCUT2D eigenvalue weighted by Gasteiger charge is 2.00. The predicted octanol–water partition coefficient (Wildman–Crippen LogP) is 1.10. The molecule has 0 aliphatic rings. The van der Waals surface area contributed by atoms with Crippen LogP contribution < -0.4 is 20.1 Å². The lowest BCUT2D eigenvalue weighted by atomic mass is 10.2. The molecular weight excluding hydrogens is 443 g/mol. The van der Waals surface area contributed by atoms with E-state index in [1.54, 1.807) is 0 Å². The third-order valence-corrected chi connectivity index (χ3v) is 3.50. The molecule has 0 aliphatic heterocycles. The van der Waals surface area contributed by atoms with Crippen LogP contribution in [-0.2, 0) is 10.0 Å². The fraction of sp³-hybridized carbons (Fsp3) is 0.533. The van der Waals surface area contributed by atoms with Crippen LogP contribution in [0.5, 0.6) is 5.75 Å². The van der Waals surface area contributed by atoms with Crippen LogP contribution in [0.25, 0.3) is 0 Å². The van der Waals surface area contributed by atoms with Gasteiger partial charge in [0.1, 0.15) is 12.4 Å². The van der Waals surface area contributed by atoms with E-state index >= 15 is 0 Å². The molecule has 0 unspecified atom stereocenters. The molecular formula is C15H27IN4O3S. The Morgan fingerprint density at radius 2 is 1.83 bits per heavy atom. The summed E-state index contributed by atoms with van der Waals surface area (Å²) in [5.41, 5.74) is 1.19. The first-order valence-electron chi connectivity index (χ1n) is 7.57. The molecule has 0 fully saturated rings. The Bertz CT molecular complexity index is 591. The number of ether oxygens (including phenoxy) is 1. The van der Waals surface area contributed by atoms with Gasteiger partial charge < -0.3 is 15.4 Å². The zero-order valence-electron chi connectivity index (χ0n) is 14.3. The lowest BCUT2D eigenvalue weighted by Crippen LogP contribution is -2.40. The smallest absolute Gasteiger partial charge is 0.208 e. The summed E-state index contributed by atoms with van der Waals surface area (Å²) in [5.74, 6) is 1.46. The van der Waals surface area contributed by atoms with Gasteiger partial charge in [-0.15, -0.1) is 24.0 Å². The van der Waals surface area contributed by atoms with E-state index in [0.29, 0.717) is 25.7 Å². The summed E-state index contributed by atoms with van der Waals surface area (Å²) in [5, 5.41) is 6.23. The molecule has 0 atom stereocenters. The molecule has 9 heteroatoms. The minimum absolute atomic E-state index is 0. The third-order valence-electron chi connectivity index (χ3n) is 2.77. The SMILES string of the molecule is CCNC(=NCCNS(C)(=O)=O)NCCOc1ccc(C)cc1.I. The fourth-order valence-corrected chi connectivity index (χ4v) is 2.18. The van der Waals surface area contributed by atoms with Gasteiger partial charge in [-0.1, -0.05) is 17.7 Å². The molecule has 0 bridgehead atoms. The van der Waals surface area contributed by atoms with Gasteiger partial charge >= 0.3 is 0 Å². The number of benzene rings is 1. The number of hydrogen-bond acceptors (Lipinski definition) is 4. The summed E-state index contributed by atoms with van der Waals surface area (Å²) in [4.78, 5) is 4.28. The van der Waals surface area contributed by atoms with Crippen LogP contribution in [0.15, 0.2) is 29.3 Å². The molecule has 0 spiro atoms. The predicted molar refractivity (Wildman–Crippen MR) is 109 cm³/mol. The van der Waals surface area contributed by atoms with Crippen molar-refractivity contribution in [1.82, 2.24) is 15.4 Å². The maximum absolute atomic E-state index is 11.0. The van der Waals surface area contributed by atoms with E-state index < -0.39 is 10.0 Å². The first-order valence-corrected chi connectivity index (χ1v) is 9.46. The average molecular weight is 470 g/mol. The Hall–Kier alpha value is -1.07. The maximum Gasteiger partial charge on any atom is 0.208 e. The average Bonchev–Trinajstić information content (AvgIpc) is 2.48. The molecule has 1 aromatic rings. The molecule has 0 saturated heterocycles. The monoisotopic (exact) mass is 470 g/mol. The second-order valence-corrected chi connectivity index (χ2v) is 6.85. The van der Waals surface area contributed by atoms with Crippen molar-refractivity contribution in [2.45, 2.75) is 13.8 Å². The number of aryl methyl sites for hydroxylation is 1. The van der Waals surface area contributed by atoms with E-state index in [4.69, 9.17) is 4.74 Å². The van der Waals surface area contributed by atoms with Crippen molar-refractivity contribution in [3.8, 4) is 5.75 Å². The highest BCUT2D eigenvalue weighted by Crippen LogP contribution is 2.10. The van der Waals surface area contributed by atoms with Crippen LogP contribution in [-0.4, -0.2) is 53.4 Å². The van der Waals surface area contributed by atoms with Crippen LogP contribution in [0.2, 0.25) is 0 Å². The molecule has 0 heterocycles. The van der Waals surface area contributed by atoms with Gasteiger partial charge in [-0.2, -0.15) is 0 Å². The lowest BCUT2D eigenvalue weighted by molar-refractivity contribution is 0.322. The Morgan fingerprint density at radius 3 is 2.42 bits per heavy atom. The fourth-order valence-electron chi connectivity index (χ4n) is 1.71. The van der Waals surface area contributed by atoms with Gasteiger partial charge in [0.05, 0.1) is 19.3 Å². The molecule has 0 amide bonds. The zero-order valence-corrected chi connectivity index (χ0v) is 17.5. The minimum atomic E-state index is -3.17. The number of sulfonamides is 1. The molecule has 7 nitrogen and oxygen atoms in total.